The molecule has 10 heteroatoms. The van der Waals surface area contributed by atoms with Crippen molar-refractivity contribution in [2.24, 2.45) is 0 Å². The Hall–Kier alpha value is -3.30. The number of rotatable bonds is 9. The maximum Gasteiger partial charge on any atom is 0.249 e. The zero-order chi connectivity index (χ0) is 21.7. The van der Waals surface area contributed by atoms with Gasteiger partial charge in [-0.25, -0.2) is 23.1 Å². The fraction of sp³-hybridized carbons (Fsp3) is 0.350. The molecule has 0 fully saturated rings. The van der Waals surface area contributed by atoms with Crippen LogP contribution in [0.1, 0.15) is 20.3 Å². The molecule has 0 spiro atoms. The van der Waals surface area contributed by atoms with Crippen LogP contribution >= 0.6 is 0 Å². The number of nitrogens with zero attached hydrogens (tertiary/aromatic N) is 2. The molecular formula is C20H20F3N3O4. The number of aromatic nitrogens is 2. The number of nitrogens with one attached hydrogen (secondary N) is 1. The van der Waals surface area contributed by atoms with Crippen molar-refractivity contribution in [2.45, 2.75) is 26.2 Å². The summed E-state index contributed by atoms with van der Waals surface area (Å²) < 4.78 is 56.4. The van der Waals surface area contributed by atoms with Gasteiger partial charge in [-0.05, 0) is 19.1 Å². The minimum absolute atomic E-state index is 0.0375. The quantitative estimate of drug-likeness (QED) is 0.524. The predicted molar refractivity (Wildman–Crippen MR) is 102 cm³/mol. The van der Waals surface area contributed by atoms with Gasteiger partial charge in [0, 0.05) is 25.5 Å². The molecule has 0 aliphatic heterocycles. The number of fused-ring (bicyclic) bond motifs is 1. The molecule has 2 heterocycles. The Labute approximate surface area is 170 Å². The van der Waals surface area contributed by atoms with Crippen LogP contribution in [0.2, 0.25) is 0 Å². The summed E-state index contributed by atoms with van der Waals surface area (Å²) in [6.45, 7) is 2.49. The average molecular weight is 423 g/mol. The monoisotopic (exact) mass is 423 g/mol. The van der Waals surface area contributed by atoms with Gasteiger partial charge < -0.3 is 19.2 Å². The van der Waals surface area contributed by atoms with E-state index in [1.54, 1.807) is 12.1 Å². The van der Waals surface area contributed by atoms with Crippen molar-refractivity contribution in [3.8, 4) is 23.1 Å². The fourth-order valence-electron chi connectivity index (χ4n) is 2.50. The summed E-state index contributed by atoms with van der Waals surface area (Å²) in [5, 5.41) is 2.56. The highest BCUT2D eigenvalue weighted by Crippen LogP contribution is 2.29. The van der Waals surface area contributed by atoms with Gasteiger partial charge in [-0.2, -0.15) is 0 Å². The smallest absolute Gasteiger partial charge is 0.249 e. The third-order valence-electron chi connectivity index (χ3n) is 3.93. The van der Waals surface area contributed by atoms with E-state index in [4.69, 9.17) is 13.9 Å². The normalized spacial score (nSPS) is 11.5. The van der Waals surface area contributed by atoms with Crippen LogP contribution in [-0.2, 0) is 4.79 Å². The highest BCUT2D eigenvalue weighted by molar-refractivity contribution is 5.77. The molecular weight excluding hydrogens is 403 g/mol. The molecule has 0 aliphatic carbocycles. The third-order valence-corrected chi connectivity index (χ3v) is 3.93. The second kappa shape index (κ2) is 9.02. The van der Waals surface area contributed by atoms with E-state index in [-0.39, 0.29) is 43.0 Å². The van der Waals surface area contributed by atoms with Crippen LogP contribution in [-0.4, -0.2) is 41.6 Å². The van der Waals surface area contributed by atoms with Crippen molar-refractivity contribution in [3.05, 3.63) is 36.3 Å². The lowest BCUT2D eigenvalue weighted by molar-refractivity contribution is -0.119. The van der Waals surface area contributed by atoms with Gasteiger partial charge in [0.25, 0.3) is 0 Å². The Morgan fingerprint density at radius 1 is 1.20 bits per heavy atom. The number of halogens is 3. The van der Waals surface area contributed by atoms with Crippen molar-refractivity contribution >= 4 is 17.0 Å². The maximum atomic E-state index is 14.5. The molecule has 1 N–H and O–H groups in total. The Morgan fingerprint density at radius 2 is 1.97 bits per heavy atom. The highest BCUT2D eigenvalue weighted by atomic mass is 19.3. The Kier molecular flexibility index (Phi) is 6.43. The zero-order valence-corrected chi connectivity index (χ0v) is 16.4. The summed E-state index contributed by atoms with van der Waals surface area (Å²) >= 11 is 0. The first-order valence-electron chi connectivity index (χ1n) is 9.16. The van der Waals surface area contributed by atoms with E-state index in [2.05, 4.69) is 15.3 Å². The van der Waals surface area contributed by atoms with Gasteiger partial charge in [0.05, 0.1) is 19.3 Å². The number of ether oxygens (including phenoxy) is 2. The second-order valence-electron chi connectivity index (χ2n) is 6.65. The molecule has 7 nitrogen and oxygen atoms in total. The van der Waals surface area contributed by atoms with Gasteiger partial charge in [0.1, 0.15) is 23.6 Å². The third kappa shape index (κ3) is 5.85. The molecule has 0 bridgehead atoms. The summed E-state index contributed by atoms with van der Waals surface area (Å²) in [7, 11) is 0. The molecule has 1 aromatic carbocycles. The molecule has 0 saturated heterocycles. The number of oxazole rings is 1. The van der Waals surface area contributed by atoms with Gasteiger partial charge in [0.15, 0.2) is 17.1 Å². The Bertz CT molecular complexity index is 1030. The van der Waals surface area contributed by atoms with E-state index in [0.717, 1.165) is 13.0 Å². The predicted octanol–water partition coefficient (Wildman–Crippen LogP) is 3.97. The van der Waals surface area contributed by atoms with Crippen LogP contribution in [0.4, 0.5) is 13.2 Å². The molecule has 0 radical (unpaired) electrons. The van der Waals surface area contributed by atoms with Crippen molar-refractivity contribution in [1.29, 1.82) is 0 Å². The van der Waals surface area contributed by atoms with E-state index in [9.17, 15) is 18.0 Å². The molecule has 0 saturated carbocycles. The Balaban J connectivity index is 1.69. The van der Waals surface area contributed by atoms with Crippen LogP contribution in [0.5, 0.6) is 11.5 Å². The number of alkyl halides is 2. The Morgan fingerprint density at radius 3 is 2.67 bits per heavy atom. The molecule has 0 atom stereocenters. The first kappa shape index (κ1) is 21.4. The van der Waals surface area contributed by atoms with Crippen LogP contribution < -0.4 is 14.8 Å². The first-order valence-corrected chi connectivity index (χ1v) is 9.16. The number of amides is 1. The molecule has 1 amide bonds. The standard InChI is InChI=1S/C20H20F3N3O4/c1-12(27)24-6-8-29-14-9-15(21)18(25-11-14)19-26-16-4-3-13(10-17(16)30-19)28-7-5-20(2,22)23/h3-4,9-11H,5-8H2,1-2H3,(H,24,27). The molecule has 0 aliphatic rings. The van der Waals surface area contributed by atoms with Gasteiger partial charge >= 0.3 is 0 Å². The lowest BCUT2D eigenvalue weighted by Crippen LogP contribution is -2.25. The summed E-state index contributed by atoms with van der Waals surface area (Å²) in [6.07, 6.45) is 0.904. The molecule has 160 valence electrons. The van der Waals surface area contributed by atoms with Crippen molar-refractivity contribution in [3.63, 3.8) is 0 Å². The van der Waals surface area contributed by atoms with Crippen molar-refractivity contribution in [1.82, 2.24) is 15.3 Å². The van der Waals surface area contributed by atoms with Crippen LogP contribution in [0, 0.1) is 5.82 Å². The van der Waals surface area contributed by atoms with Crippen molar-refractivity contribution in [2.75, 3.05) is 19.8 Å². The number of carbonyl (C=O) groups is 1. The van der Waals surface area contributed by atoms with E-state index < -0.39 is 18.2 Å². The van der Waals surface area contributed by atoms with Crippen molar-refractivity contribution < 1.29 is 31.9 Å². The first-order chi connectivity index (χ1) is 14.2. The largest absolute Gasteiger partial charge is 0.493 e. The fourth-order valence-corrected chi connectivity index (χ4v) is 2.50. The molecule has 30 heavy (non-hydrogen) atoms. The number of carbonyl (C=O) groups excluding carboxylic acids is 1. The lowest BCUT2D eigenvalue weighted by Gasteiger charge is -2.10. The summed E-state index contributed by atoms with van der Waals surface area (Å²) in [5.41, 5.74) is 0.645. The molecule has 3 aromatic rings. The topological polar surface area (TPSA) is 86.5 Å². The van der Waals surface area contributed by atoms with E-state index in [1.807, 2.05) is 0 Å². The van der Waals surface area contributed by atoms with Gasteiger partial charge in [-0.15, -0.1) is 0 Å². The van der Waals surface area contributed by atoms with Gasteiger partial charge in [-0.1, -0.05) is 0 Å². The van der Waals surface area contributed by atoms with Crippen LogP contribution in [0.15, 0.2) is 34.9 Å². The number of benzene rings is 1. The number of hydrogen-bond acceptors (Lipinski definition) is 6. The minimum atomic E-state index is -2.81. The van der Waals surface area contributed by atoms with Gasteiger partial charge in [-0.3, -0.25) is 4.79 Å². The summed E-state index contributed by atoms with van der Waals surface area (Å²) in [6, 6.07) is 5.79. The van der Waals surface area contributed by atoms with Crippen LogP contribution in [0.25, 0.3) is 22.7 Å². The average Bonchev–Trinajstić information content (AvgIpc) is 3.07. The summed E-state index contributed by atoms with van der Waals surface area (Å²) in [5.74, 6) is -3.20. The van der Waals surface area contributed by atoms with Crippen LogP contribution in [0.3, 0.4) is 0 Å². The van der Waals surface area contributed by atoms with Gasteiger partial charge in [0.2, 0.25) is 17.7 Å². The maximum absolute atomic E-state index is 14.5. The molecule has 3 rings (SSSR count). The second-order valence-corrected chi connectivity index (χ2v) is 6.65. The molecule has 0 unspecified atom stereocenters. The SMILES string of the molecule is CC(=O)NCCOc1cnc(-c2nc3ccc(OCCC(C)(F)F)cc3o2)c(F)c1. The number of hydrogen-bond donors (Lipinski definition) is 1. The van der Waals surface area contributed by atoms with E-state index in [1.165, 1.54) is 19.2 Å². The minimum Gasteiger partial charge on any atom is -0.493 e. The van der Waals surface area contributed by atoms with E-state index >= 15 is 0 Å². The molecule has 2 aromatic heterocycles. The lowest BCUT2D eigenvalue weighted by atomic mass is 10.3. The van der Waals surface area contributed by atoms with E-state index in [0.29, 0.717) is 16.8 Å². The zero-order valence-electron chi connectivity index (χ0n) is 16.4. The highest BCUT2D eigenvalue weighted by Gasteiger charge is 2.21. The summed E-state index contributed by atoms with van der Waals surface area (Å²) in [4.78, 5) is 19.0. The number of pyridine rings is 1.